The lowest BCUT2D eigenvalue weighted by Crippen LogP contribution is -2.38. The van der Waals surface area contributed by atoms with Crippen LogP contribution in [0.5, 0.6) is 5.75 Å². The van der Waals surface area contributed by atoms with Gasteiger partial charge in [-0.15, -0.1) is 0 Å². The van der Waals surface area contributed by atoms with Crippen molar-refractivity contribution in [3.05, 3.63) is 84.2 Å². The number of hydrogen-bond donors (Lipinski definition) is 0. The van der Waals surface area contributed by atoms with Crippen molar-refractivity contribution in [2.75, 3.05) is 13.7 Å². The first kappa shape index (κ1) is 18.2. The second-order valence-corrected chi connectivity index (χ2v) is 7.07. The molecule has 4 heteroatoms. The number of carbonyl (C=O) groups is 1. The van der Waals surface area contributed by atoms with Crippen molar-refractivity contribution in [3.63, 3.8) is 0 Å². The van der Waals surface area contributed by atoms with Gasteiger partial charge >= 0.3 is 0 Å². The van der Waals surface area contributed by atoms with Crippen LogP contribution in [0.2, 0.25) is 0 Å². The van der Waals surface area contributed by atoms with E-state index in [4.69, 9.17) is 4.74 Å². The number of likely N-dealkylation sites (tertiary alicyclic amines) is 1. The number of nitrogens with zero attached hydrogens (tertiary/aromatic N) is 2. The number of amides is 1. The molecule has 0 N–H and O–H groups in total. The molecule has 0 aliphatic carbocycles. The van der Waals surface area contributed by atoms with E-state index in [-0.39, 0.29) is 11.9 Å². The number of methoxy groups -OCH3 is 1. The van der Waals surface area contributed by atoms with Gasteiger partial charge in [0.1, 0.15) is 5.75 Å². The fraction of sp³-hybridized carbons (Fsp3) is 0.250. The Morgan fingerprint density at radius 3 is 2.61 bits per heavy atom. The molecule has 28 heavy (non-hydrogen) atoms. The zero-order valence-corrected chi connectivity index (χ0v) is 16.0. The molecule has 0 bridgehead atoms. The van der Waals surface area contributed by atoms with Gasteiger partial charge in [-0.25, -0.2) is 0 Å². The Balaban J connectivity index is 1.57. The summed E-state index contributed by atoms with van der Waals surface area (Å²) in [5, 5.41) is 0. The number of rotatable bonds is 4. The van der Waals surface area contributed by atoms with Crippen LogP contribution in [-0.2, 0) is 0 Å². The van der Waals surface area contributed by atoms with Crippen LogP contribution in [0.15, 0.2) is 72.9 Å². The van der Waals surface area contributed by atoms with E-state index in [1.54, 1.807) is 13.3 Å². The summed E-state index contributed by atoms with van der Waals surface area (Å²) in [6.07, 6.45) is 4.93. The summed E-state index contributed by atoms with van der Waals surface area (Å²) in [5.74, 6) is 0.900. The monoisotopic (exact) mass is 372 g/mol. The maximum absolute atomic E-state index is 13.2. The molecule has 3 aromatic rings. The number of ether oxygens (including phenoxy) is 1. The molecule has 142 valence electrons. The summed E-state index contributed by atoms with van der Waals surface area (Å²) in [5.41, 5.74) is 3.83. The van der Waals surface area contributed by atoms with Crippen LogP contribution in [0, 0.1) is 0 Å². The predicted octanol–water partition coefficient (Wildman–Crippen LogP) is 5.12. The largest absolute Gasteiger partial charge is 0.497 e. The Morgan fingerprint density at radius 2 is 1.86 bits per heavy atom. The Labute approximate surface area is 165 Å². The molecule has 0 saturated carbocycles. The van der Waals surface area contributed by atoms with Crippen molar-refractivity contribution >= 4 is 5.91 Å². The summed E-state index contributed by atoms with van der Waals surface area (Å²) < 4.78 is 5.30. The van der Waals surface area contributed by atoms with Crippen LogP contribution < -0.4 is 4.74 Å². The standard InChI is InChI=1S/C24H24N2O2/c1-28-21-8-6-7-20(17-21)18-11-13-19(14-12-18)24(27)26-16-5-3-10-23(26)22-9-2-4-15-25-22/h2,4,6-9,11-15,17,23H,3,5,10,16H2,1H3/t23-/m1/s1. The van der Waals surface area contributed by atoms with Gasteiger partial charge in [-0.05, 0) is 66.8 Å². The molecular weight excluding hydrogens is 348 g/mol. The van der Waals surface area contributed by atoms with Crippen molar-refractivity contribution in [1.29, 1.82) is 0 Å². The molecule has 2 aromatic carbocycles. The normalized spacial score (nSPS) is 16.6. The molecule has 2 heterocycles. The topological polar surface area (TPSA) is 42.4 Å². The Hall–Kier alpha value is -3.14. The van der Waals surface area contributed by atoms with Gasteiger partial charge in [-0.3, -0.25) is 9.78 Å². The zero-order chi connectivity index (χ0) is 19.3. The first-order chi connectivity index (χ1) is 13.8. The molecule has 1 aliphatic heterocycles. The number of piperidine rings is 1. The molecule has 1 aliphatic rings. The molecule has 1 fully saturated rings. The van der Waals surface area contributed by atoms with Crippen LogP contribution in [0.25, 0.3) is 11.1 Å². The lowest BCUT2D eigenvalue weighted by molar-refractivity contribution is 0.0606. The van der Waals surface area contributed by atoms with Gasteiger partial charge < -0.3 is 9.64 Å². The molecule has 4 nitrogen and oxygen atoms in total. The van der Waals surface area contributed by atoms with Gasteiger partial charge in [0.15, 0.2) is 0 Å². The molecule has 0 radical (unpaired) electrons. The van der Waals surface area contributed by atoms with E-state index in [9.17, 15) is 4.79 Å². The maximum Gasteiger partial charge on any atom is 0.254 e. The molecule has 1 atom stereocenters. The van der Waals surface area contributed by atoms with Gasteiger partial charge in [-0.2, -0.15) is 0 Å². The maximum atomic E-state index is 13.2. The lowest BCUT2D eigenvalue weighted by atomic mass is 9.97. The smallest absolute Gasteiger partial charge is 0.254 e. The number of hydrogen-bond acceptors (Lipinski definition) is 3. The van der Waals surface area contributed by atoms with Gasteiger partial charge in [-0.1, -0.05) is 30.3 Å². The summed E-state index contributed by atoms with van der Waals surface area (Å²) in [7, 11) is 1.66. The summed E-state index contributed by atoms with van der Waals surface area (Å²) >= 11 is 0. The number of aromatic nitrogens is 1. The minimum Gasteiger partial charge on any atom is -0.497 e. The van der Waals surface area contributed by atoms with E-state index in [0.29, 0.717) is 0 Å². The van der Waals surface area contributed by atoms with E-state index in [1.807, 2.05) is 71.6 Å². The highest BCUT2D eigenvalue weighted by molar-refractivity contribution is 5.95. The van der Waals surface area contributed by atoms with Gasteiger partial charge in [0, 0.05) is 18.3 Å². The Bertz CT molecular complexity index is 938. The first-order valence-electron chi connectivity index (χ1n) is 9.72. The molecule has 4 rings (SSSR count). The Morgan fingerprint density at radius 1 is 1.00 bits per heavy atom. The molecular formula is C24H24N2O2. The third-order valence-electron chi connectivity index (χ3n) is 5.33. The highest BCUT2D eigenvalue weighted by Crippen LogP contribution is 2.31. The fourth-order valence-corrected chi connectivity index (χ4v) is 3.83. The number of carbonyl (C=O) groups excluding carboxylic acids is 1. The molecule has 1 saturated heterocycles. The average molecular weight is 372 g/mol. The second-order valence-electron chi connectivity index (χ2n) is 7.07. The third-order valence-corrected chi connectivity index (χ3v) is 5.33. The van der Waals surface area contributed by atoms with Gasteiger partial charge in [0.25, 0.3) is 5.91 Å². The van der Waals surface area contributed by atoms with Crippen molar-refractivity contribution in [2.24, 2.45) is 0 Å². The summed E-state index contributed by atoms with van der Waals surface area (Å²) in [6.45, 7) is 0.776. The predicted molar refractivity (Wildman–Crippen MR) is 110 cm³/mol. The fourth-order valence-electron chi connectivity index (χ4n) is 3.83. The van der Waals surface area contributed by atoms with Crippen LogP contribution in [0.1, 0.15) is 41.4 Å². The minimum atomic E-state index is 0.0560. The second kappa shape index (κ2) is 8.26. The Kier molecular flexibility index (Phi) is 5.38. The first-order valence-corrected chi connectivity index (χ1v) is 9.72. The molecule has 0 unspecified atom stereocenters. The van der Waals surface area contributed by atoms with Gasteiger partial charge in [0.2, 0.25) is 0 Å². The molecule has 1 amide bonds. The van der Waals surface area contributed by atoms with E-state index < -0.39 is 0 Å². The summed E-state index contributed by atoms with van der Waals surface area (Å²) in [6, 6.07) is 21.8. The number of benzene rings is 2. The van der Waals surface area contributed by atoms with Crippen LogP contribution >= 0.6 is 0 Å². The average Bonchev–Trinajstić information content (AvgIpc) is 2.79. The SMILES string of the molecule is COc1cccc(-c2ccc(C(=O)N3CCCC[C@@H]3c3ccccn3)cc2)c1. The highest BCUT2D eigenvalue weighted by atomic mass is 16.5. The van der Waals surface area contributed by atoms with E-state index in [1.165, 1.54) is 0 Å². The number of pyridine rings is 1. The van der Waals surface area contributed by atoms with E-state index in [2.05, 4.69) is 4.98 Å². The van der Waals surface area contributed by atoms with E-state index in [0.717, 1.165) is 53.9 Å². The minimum absolute atomic E-state index is 0.0560. The van der Waals surface area contributed by atoms with Crippen molar-refractivity contribution in [3.8, 4) is 16.9 Å². The van der Waals surface area contributed by atoms with Crippen LogP contribution in [-0.4, -0.2) is 29.4 Å². The molecule has 0 spiro atoms. The van der Waals surface area contributed by atoms with Crippen molar-refractivity contribution in [1.82, 2.24) is 9.88 Å². The van der Waals surface area contributed by atoms with Crippen molar-refractivity contribution in [2.45, 2.75) is 25.3 Å². The quantitative estimate of drug-likeness (QED) is 0.638. The summed E-state index contributed by atoms with van der Waals surface area (Å²) in [4.78, 5) is 19.7. The van der Waals surface area contributed by atoms with Gasteiger partial charge in [0.05, 0.1) is 18.8 Å². The zero-order valence-electron chi connectivity index (χ0n) is 16.0. The van der Waals surface area contributed by atoms with Crippen LogP contribution in [0.4, 0.5) is 0 Å². The highest BCUT2D eigenvalue weighted by Gasteiger charge is 2.29. The molecule has 1 aromatic heterocycles. The lowest BCUT2D eigenvalue weighted by Gasteiger charge is -2.35. The van der Waals surface area contributed by atoms with Crippen molar-refractivity contribution < 1.29 is 9.53 Å². The van der Waals surface area contributed by atoms with Crippen LogP contribution in [0.3, 0.4) is 0 Å². The third kappa shape index (κ3) is 3.77. The van der Waals surface area contributed by atoms with E-state index >= 15 is 0 Å².